The molecule has 25 heavy (non-hydrogen) atoms. The summed E-state index contributed by atoms with van der Waals surface area (Å²) in [7, 11) is 1.89. The van der Waals surface area contributed by atoms with Crippen LogP contribution in [0.4, 0.5) is 5.69 Å². The molecule has 1 aliphatic heterocycles. The fourth-order valence-corrected chi connectivity index (χ4v) is 3.97. The molecule has 1 unspecified atom stereocenters. The third-order valence-electron chi connectivity index (χ3n) is 4.59. The number of rotatable bonds is 7. The standard InChI is InChI=1S/C18H26N4O2S/c1-13-18(14(2)21(3)20-13)19-17(23)12-22(10-15-6-4-8-24-15)11-16-7-5-9-25-16/h5,7,9,15H,4,6,8,10-12H2,1-3H3,(H,19,23). The number of nitrogens with zero attached hydrogens (tertiary/aromatic N) is 3. The molecule has 2 aromatic rings. The molecule has 0 bridgehead atoms. The van der Waals surface area contributed by atoms with Gasteiger partial charge in [0.1, 0.15) is 0 Å². The zero-order chi connectivity index (χ0) is 17.8. The van der Waals surface area contributed by atoms with Crippen LogP contribution in [-0.4, -0.2) is 46.4 Å². The lowest BCUT2D eigenvalue weighted by Gasteiger charge is -2.24. The molecule has 7 heteroatoms. The topological polar surface area (TPSA) is 59.4 Å². The number of hydrogen-bond donors (Lipinski definition) is 1. The van der Waals surface area contributed by atoms with Gasteiger partial charge in [-0.15, -0.1) is 11.3 Å². The smallest absolute Gasteiger partial charge is 0.238 e. The van der Waals surface area contributed by atoms with Crippen molar-refractivity contribution in [2.75, 3.05) is 25.0 Å². The summed E-state index contributed by atoms with van der Waals surface area (Å²) in [5, 5.41) is 9.46. The Morgan fingerprint density at radius 1 is 1.52 bits per heavy atom. The van der Waals surface area contributed by atoms with Crippen LogP contribution in [0.5, 0.6) is 0 Å². The predicted octanol–water partition coefficient (Wildman–Crippen LogP) is 2.72. The third kappa shape index (κ3) is 4.68. The highest BCUT2D eigenvalue weighted by atomic mass is 32.1. The summed E-state index contributed by atoms with van der Waals surface area (Å²) in [4.78, 5) is 16.1. The highest BCUT2D eigenvalue weighted by Gasteiger charge is 2.22. The van der Waals surface area contributed by atoms with Crippen LogP contribution < -0.4 is 5.32 Å². The maximum absolute atomic E-state index is 12.6. The number of anilines is 1. The van der Waals surface area contributed by atoms with E-state index in [1.807, 2.05) is 27.0 Å². The molecule has 2 aromatic heterocycles. The Labute approximate surface area is 152 Å². The number of carbonyl (C=O) groups excluding carboxylic acids is 1. The van der Waals surface area contributed by atoms with E-state index in [-0.39, 0.29) is 12.0 Å². The molecular formula is C18H26N4O2S. The first-order chi connectivity index (χ1) is 12.0. The molecule has 0 aliphatic carbocycles. The molecule has 1 atom stereocenters. The Kier molecular flexibility index (Phi) is 5.88. The highest BCUT2D eigenvalue weighted by molar-refractivity contribution is 7.09. The summed E-state index contributed by atoms with van der Waals surface area (Å²) in [5.74, 6) is -0.00578. The highest BCUT2D eigenvalue weighted by Crippen LogP contribution is 2.20. The van der Waals surface area contributed by atoms with Gasteiger partial charge < -0.3 is 10.1 Å². The van der Waals surface area contributed by atoms with Crippen molar-refractivity contribution in [2.45, 2.75) is 39.3 Å². The fraction of sp³-hybridized carbons (Fsp3) is 0.556. The molecule has 3 heterocycles. The van der Waals surface area contributed by atoms with Crippen LogP contribution in [0.25, 0.3) is 0 Å². The van der Waals surface area contributed by atoms with E-state index in [4.69, 9.17) is 4.74 Å². The van der Waals surface area contributed by atoms with E-state index in [1.54, 1.807) is 16.0 Å². The predicted molar refractivity (Wildman–Crippen MR) is 99.9 cm³/mol. The maximum atomic E-state index is 12.6. The largest absolute Gasteiger partial charge is 0.377 e. The van der Waals surface area contributed by atoms with Crippen LogP contribution in [0.15, 0.2) is 17.5 Å². The SMILES string of the molecule is Cc1nn(C)c(C)c1NC(=O)CN(Cc1cccs1)CC1CCCO1. The van der Waals surface area contributed by atoms with Gasteiger partial charge in [-0.25, -0.2) is 0 Å². The van der Waals surface area contributed by atoms with Crippen LogP contribution in [0.3, 0.4) is 0 Å². The van der Waals surface area contributed by atoms with Crippen molar-refractivity contribution in [3.8, 4) is 0 Å². The minimum Gasteiger partial charge on any atom is -0.377 e. The maximum Gasteiger partial charge on any atom is 0.238 e. The van der Waals surface area contributed by atoms with Crippen molar-refractivity contribution in [1.29, 1.82) is 0 Å². The molecule has 3 rings (SSSR count). The molecule has 0 spiro atoms. The van der Waals surface area contributed by atoms with Gasteiger partial charge in [0.25, 0.3) is 0 Å². The minimum atomic E-state index is -0.00578. The van der Waals surface area contributed by atoms with E-state index in [0.29, 0.717) is 6.54 Å². The summed E-state index contributed by atoms with van der Waals surface area (Å²) in [5.41, 5.74) is 2.63. The van der Waals surface area contributed by atoms with Crippen molar-refractivity contribution < 1.29 is 9.53 Å². The summed E-state index contributed by atoms with van der Waals surface area (Å²) in [6, 6.07) is 4.16. The van der Waals surface area contributed by atoms with Gasteiger partial charge in [-0.2, -0.15) is 5.10 Å². The Morgan fingerprint density at radius 3 is 2.96 bits per heavy atom. The van der Waals surface area contributed by atoms with Gasteiger partial charge >= 0.3 is 0 Å². The van der Waals surface area contributed by atoms with Crippen LogP contribution in [-0.2, 0) is 23.1 Å². The van der Waals surface area contributed by atoms with Gasteiger partial charge in [0.2, 0.25) is 5.91 Å². The van der Waals surface area contributed by atoms with Gasteiger partial charge in [0.05, 0.1) is 29.7 Å². The zero-order valence-corrected chi connectivity index (χ0v) is 15.9. The van der Waals surface area contributed by atoms with E-state index >= 15 is 0 Å². The lowest BCUT2D eigenvalue weighted by Crippen LogP contribution is -2.37. The first-order valence-corrected chi connectivity index (χ1v) is 9.57. The first-order valence-electron chi connectivity index (χ1n) is 8.69. The summed E-state index contributed by atoms with van der Waals surface area (Å²) < 4.78 is 7.55. The fourth-order valence-electron chi connectivity index (χ4n) is 3.22. The van der Waals surface area contributed by atoms with Gasteiger partial charge in [0, 0.05) is 31.6 Å². The van der Waals surface area contributed by atoms with E-state index in [1.165, 1.54) is 4.88 Å². The Bertz CT molecular complexity index is 705. The molecule has 1 aliphatic rings. The van der Waals surface area contributed by atoms with E-state index < -0.39 is 0 Å². The van der Waals surface area contributed by atoms with Crippen LogP contribution in [0, 0.1) is 13.8 Å². The summed E-state index contributed by atoms with van der Waals surface area (Å²) >= 11 is 1.72. The number of carbonyl (C=O) groups is 1. The van der Waals surface area contributed by atoms with Crippen molar-refractivity contribution >= 4 is 22.9 Å². The van der Waals surface area contributed by atoms with Crippen molar-refractivity contribution in [1.82, 2.24) is 14.7 Å². The molecule has 1 fully saturated rings. The van der Waals surface area contributed by atoms with Crippen LogP contribution in [0.2, 0.25) is 0 Å². The second kappa shape index (κ2) is 8.12. The normalized spacial score (nSPS) is 17.4. The third-order valence-corrected chi connectivity index (χ3v) is 5.45. The number of thiophene rings is 1. The van der Waals surface area contributed by atoms with Crippen LogP contribution in [0.1, 0.15) is 29.1 Å². The lowest BCUT2D eigenvalue weighted by molar-refractivity contribution is -0.117. The molecule has 136 valence electrons. The second-order valence-electron chi connectivity index (χ2n) is 6.60. The number of amides is 1. The molecule has 1 amide bonds. The number of nitrogens with one attached hydrogen (secondary N) is 1. The quantitative estimate of drug-likeness (QED) is 0.823. The molecule has 0 radical (unpaired) electrons. The second-order valence-corrected chi connectivity index (χ2v) is 7.63. The molecule has 1 N–H and O–H groups in total. The van der Waals surface area contributed by atoms with Gasteiger partial charge in [-0.3, -0.25) is 14.4 Å². The molecular weight excluding hydrogens is 336 g/mol. The number of aryl methyl sites for hydroxylation is 2. The summed E-state index contributed by atoms with van der Waals surface area (Å²) in [6.07, 6.45) is 2.41. The van der Waals surface area contributed by atoms with E-state index in [9.17, 15) is 4.79 Å². The average Bonchev–Trinajstić information content (AvgIpc) is 3.29. The number of hydrogen-bond acceptors (Lipinski definition) is 5. The summed E-state index contributed by atoms with van der Waals surface area (Å²) in [6.45, 7) is 6.62. The average molecular weight is 362 g/mol. The lowest BCUT2D eigenvalue weighted by atomic mass is 10.2. The van der Waals surface area contributed by atoms with Crippen LogP contribution >= 0.6 is 11.3 Å². The Morgan fingerprint density at radius 2 is 2.36 bits per heavy atom. The van der Waals surface area contributed by atoms with Crippen molar-refractivity contribution in [3.63, 3.8) is 0 Å². The first kappa shape index (κ1) is 18.1. The zero-order valence-electron chi connectivity index (χ0n) is 15.1. The Hall–Kier alpha value is -1.70. The number of ether oxygens (including phenoxy) is 1. The monoisotopic (exact) mass is 362 g/mol. The number of aromatic nitrogens is 2. The van der Waals surface area contributed by atoms with Gasteiger partial charge in [-0.05, 0) is 38.1 Å². The van der Waals surface area contributed by atoms with Crippen molar-refractivity contribution in [3.05, 3.63) is 33.8 Å². The molecule has 0 saturated carbocycles. The minimum absolute atomic E-state index is 0.00578. The van der Waals surface area contributed by atoms with E-state index in [2.05, 4.69) is 26.8 Å². The molecule has 0 aromatic carbocycles. The van der Waals surface area contributed by atoms with Gasteiger partial charge in [-0.1, -0.05) is 6.07 Å². The van der Waals surface area contributed by atoms with Gasteiger partial charge in [0.15, 0.2) is 0 Å². The van der Waals surface area contributed by atoms with Crippen molar-refractivity contribution in [2.24, 2.45) is 7.05 Å². The van der Waals surface area contributed by atoms with E-state index in [0.717, 1.165) is 49.6 Å². The Balaban J connectivity index is 1.64. The molecule has 6 nitrogen and oxygen atoms in total. The molecule has 1 saturated heterocycles.